The molecular weight excluding hydrogens is 438 g/mol. The molecule has 2 fully saturated rings. The second kappa shape index (κ2) is 9.06. The Bertz CT molecular complexity index is 1050. The molecule has 33 heavy (non-hydrogen) atoms. The first kappa shape index (κ1) is 22.3. The van der Waals surface area contributed by atoms with Gasteiger partial charge in [-0.1, -0.05) is 6.07 Å². The fourth-order valence-corrected chi connectivity index (χ4v) is 6.33. The number of piperidine rings is 2. The number of nitrogens with zero attached hydrogens (tertiary/aromatic N) is 3. The van der Waals surface area contributed by atoms with Crippen molar-refractivity contribution in [3.05, 3.63) is 45.5 Å². The minimum absolute atomic E-state index is 0.189. The number of fused-ring (bicyclic) bond motifs is 1. The van der Waals surface area contributed by atoms with E-state index in [-0.39, 0.29) is 11.9 Å². The highest BCUT2D eigenvalue weighted by Gasteiger charge is 2.38. The molecule has 0 amide bonds. The second-order valence-corrected chi connectivity index (χ2v) is 10.4. The molecule has 2 aromatic rings. The van der Waals surface area contributed by atoms with Crippen LogP contribution < -0.4 is 4.90 Å². The first-order valence-electron chi connectivity index (χ1n) is 11.8. The highest BCUT2D eigenvalue weighted by Crippen LogP contribution is 2.42. The summed E-state index contributed by atoms with van der Waals surface area (Å²) in [5, 5.41) is 2.72. The van der Waals surface area contributed by atoms with E-state index in [1.165, 1.54) is 55.3 Å². The molecule has 1 aromatic carbocycles. The second-order valence-electron chi connectivity index (χ2n) is 9.54. The third-order valence-corrected chi connectivity index (χ3v) is 8.77. The van der Waals surface area contributed by atoms with E-state index in [1.807, 2.05) is 6.07 Å². The van der Waals surface area contributed by atoms with E-state index in [2.05, 4.69) is 27.8 Å². The number of aromatic nitrogens is 1. The number of ether oxygens (including phenoxy) is 2. The summed E-state index contributed by atoms with van der Waals surface area (Å²) in [5.74, 6) is -0.555. The van der Waals surface area contributed by atoms with Crippen molar-refractivity contribution < 1.29 is 19.1 Å². The average molecular weight is 470 g/mol. The zero-order chi connectivity index (χ0) is 23.0. The lowest BCUT2D eigenvalue weighted by molar-refractivity contribution is 0.0533. The van der Waals surface area contributed by atoms with Gasteiger partial charge in [0.2, 0.25) is 0 Å². The van der Waals surface area contributed by atoms with Crippen molar-refractivity contribution in [3.8, 4) is 0 Å². The molecule has 0 N–H and O–H groups in total. The Hall–Kier alpha value is -2.45. The van der Waals surface area contributed by atoms with Crippen LogP contribution in [0.2, 0.25) is 0 Å². The molecule has 0 radical (unpaired) electrons. The van der Waals surface area contributed by atoms with E-state index in [4.69, 9.17) is 9.47 Å². The molecule has 3 aliphatic heterocycles. The highest BCUT2D eigenvalue weighted by atomic mass is 32.1. The maximum Gasteiger partial charge on any atom is 0.357 e. The summed E-state index contributed by atoms with van der Waals surface area (Å²) in [6.45, 7) is 7.90. The van der Waals surface area contributed by atoms with Crippen LogP contribution in [-0.2, 0) is 22.5 Å². The fraction of sp³-hybridized carbons (Fsp3) is 0.560. The SMILES string of the molecule is COC(=O)c1csc(N2CCC3(CCN(CCc4ccc5c(c4C)COC5=O)CC3)CC2)n1. The lowest BCUT2D eigenvalue weighted by Crippen LogP contribution is -2.47. The summed E-state index contributed by atoms with van der Waals surface area (Å²) in [6, 6.07) is 4.04. The van der Waals surface area contributed by atoms with E-state index < -0.39 is 0 Å². The van der Waals surface area contributed by atoms with Gasteiger partial charge in [-0.15, -0.1) is 11.3 Å². The predicted molar refractivity (Wildman–Crippen MR) is 127 cm³/mol. The van der Waals surface area contributed by atoms with Crippen LogP contribution in [0.1, 0.15) is 63.2 Å². The van der Waals surface area contributed by atoms with Gasteiger partial charge in [0, 0.05) is 30.6 Å². The summed E-state index contributed by atoms with van der Waals surface area (Å²) >= 11 is 1.53. The number of likely N-dealkylation sites (tertiary alicyclic amines) is 1. The molecule has 2 saturated heterocycles. The van der Waals surface area contributed by atoms with Crippen molar-refractivity contribution >= 4 is 28.4 Å². The number of cyclic esters (lactones) is 1. The van der Waals surface area contributed by atoms with E-state index in [9.17, 15) is 9.59 Å². The van der Waals surface area contributed by atoms with Crippen molar-refractivity contribution in [3.63, 3.8) is 0 Å². The summed E-state index contributed by atoms with van der Waals surface area (Å²) in [7, 11) is 1.39. The third-order valence-electron chi connectivity index (χ3n) is 7.87. The van der Waals surface area contributed by atoms with Gasteiger partial charge in [0.25, 0.3) is 0 Å². The Morgan fingerprint density at radius 1 is 1.18 bits per heavy atom. The van der Waals surface area contributed by atoms with Crippen LogP contribution in [0.3, 0.4) is 0 Å². The molecule has 0 atom stereocenters. The number of esters is 2. The van der Waals surface area contributed by atoms with Gasteiger partial charge in [-0.25, -0.2) is 14.6 Å². The molecule has 0 saturated carbocycles. The normalized spacial score (nSPS) is 20.1. The van der Waals surface area contributed by atoms with Gasteiger partial charge in [-0.2, -0.15) is 0 Å². The standard InChI is InChI=1S/C25H31N3O4S/c1-17-18(3-4-19-20(17)15-32-22(19)29)5-10-27-11-6-25(7-12-27)8-13-28(14-9-25)24-26-21(16-33-24)23(30)31-2/h3-4,16H,5-15H2,1-2H3. The van der Waals surface area contributed by atoms with Crippen LogP contribution in [-0.4, -0.2) is 61.7 Å². The van der Waals surface area contributed by atoms with E-state index in [1.54, 1.807) is 5.38 Å². The van der Waals surface area contributed by atoms with Crippen molar-refractivity contribution in [1.82, 2.24) is 9.88 Å². The molecule has 1 spiro atoms. The molecule has 8 heteroatoms. The largest absolute Gasteiger partial charge is 0.464 e. The Labute approximate surface area is 198 Å². The van der Waals surface area contributed by atoms with Gasteiger partial charge in [-0.3, -0.25) is 0 Å². The molecule has 176 valence electrons. The zero-order valence-electron chi connectivity index (χ0n) is 19.4. The number of carbonyl (C=O) groups excluding carboxylic acids is 2. The molecule has 0 unspecified atom stereocenters. The molecule has 0 bridgehead atoms. The van der Waals surface area contributed by atoms with E-state index in [0.717, 1.165) is 55.4 Å². The molecule has 3 aliphatic rings. The van der Waals surface area contributed by atoms with Gasteiger partial charge < -0.3 is 19.3 Å². The van der Waals surface area contributed by atoms with Crippen molar-refractivity contribution in [1.29, 1.82) is 0 Å². The van der Waals surface area contributed by atoms with Crippen LogP contribution in [0.25, 0.3) is 0 Å². The van der Waals surface area contributed by atoms with Crippen LogP contribution in [0.15, 0.2) is 17.5 Å². The summed E-state index contributed by atoms with van der Waals surface area (Å²) in [4.78, 5) is 32.8. The summed E-state index contributed by atoms with van der Waals surface area (Å²) in [5.41, 5.74) is 5.20. The zero-order valence-corrected chi connectivity index (χ0v) is 20.2. The van der Waals surface area contributed by atoms with Crippen LogP contribution in [0, 0.1) is 12.3 Å². The van der Waals surface area contributed by atoms with Crippen molar-refractivity contribution in [2.24, 2.45) is 5.41 Å². The quantitative estimate of drug-likeness (QED) is 0.616. The van der Waals surface area contributed by atoms with Crippen molar-refractivity contribution in [2.45, 2.75) is 45.6 Å². The van der Waals surface area contributed by atoms with Crippen LogP contribution in [0.4, 0.5) is 5.13 Å². The van der Waals surface area contributed by atoms with Crippen LogP contribution >= 0.6 is 11.3 Å². The number of hydrogen-bond acceptors (Lipinski definition) is 8. The number of anilines is 1. The average Bonchev–Trinajstić information content (AvgIpc) is 3.48. The minimum Gasteiger partial charge on any atom is -0.464 e. The number of carbonyl (C=O) groups is 2. The van der Waals surface area contributed by atoms with Crippen LogP contribution in [0.5, 0.6) is 0 Å². The highest BCUT2D eigenvalue weighted by molar-refractivity contribution is 7.13. The summed E-state index contributed by atoms with van der Waals surface area (Å²) in [6.07, 6.45) is 5.88. The third kappa shape index (κ3) is 4.38. The number of rotatable bonds is 5. The molecular formula is C25H31N3O4S. The fourth-order valence-electron chi connectivity index (χ4n) is 5.48. The molecule has 0 aliphatic carbocycles. The first-order chi connectivity index (χ1) is 16.0. The molecule has 5 rings (SSSR count). The summed E-state index contributed by atoms with van der Waals surface area (Å²) < 4.78 is 9.97. The number of benzene rings is 1. The Morgan fingerprint density at radius 2 is 1.91 bits per heavy atom. The topological polar surface area (TPSA) is 72.0 Å². The monoisotopic (exact) mass is 469 g/mol. The van der Waals surface area contributed by atoms with Crippen molar-refractivity contribution in [2.75, 3.05) is 44.7 Å². The maximum atomic E-state index is 11.8. The smallest absolute Gasteiger partial charge is 0.357 e. The predicted octanol–water partition coefficient (Wildman–Crippen LogP) is 3.83. The van der Waals surface area contributed by atoms with Gasteiger partial charge in [0.1, 0.15) is 6.61 Å². The maximum absolute atomic E-state index is 11.8. The van der Waals surface area contributed by atoms with Gasteiger partial charge >= 0.3 is 11.9 Å². The van der Waals surface area contributed by atoms with Gasteiger partial charge in [0.05, 0.1) is 12.7 Å². The lowest BCUT2D eigenvalue weighted by atomic mass is 9.71. The number of methoxy groups -OCH3 is 1. The number of thiazole rings is 1. The molecule has 1 aromatic heterocycles. The number of hydrogen-bond donors (Lipinski definition) is 0. The molecule has 4 heterocycles. The van der Waals surface area contributed by atoms with Gasteiger partial charge in [0.15, 0.2) is 10.8 Å². The minimum atomic E-state index is -0.366. The Morgan fingerprint density at radius 3 is 2.64 bits per heavy atom. The first-order valence-corrected chi connectivity index (χ1v) is 12.7. The lowest BCUT2D eigenvalue weighted by Gasteiger charge is -2.47. The van der Waals surface area contributed by atoms with Gasteiger partial charge in [-0.05, 0) is 74.7 Å². The Balaban J connectivity index is 1.11. The molecule has 7 nitrogen and oxygen atoms in total. The van der Waals surface area contributed by atoms with E-state index in [0.29, 0.717) is 17.7 Å². The Kier molecular flexibility index (Phi) is 6.14. The van der Waals surface area contributed by atoms with E-state index >= 15 is 0 Å².